The van der Waals surface area contributed by atoms with Gasteiger partial charge in [-0.25, -0.2) is 0 Å². The van der Waals surface area contributed by atoms with E-state index in [0.717, 1.165) is 0 Å². The molecule has 0 spiro atoms. The van der Waals surface area contributed by atoms with Crippen molar-refractivity contribution >= 4 is 29.6 Å². The zero-order valence-electron chi connectivity index (χ0n) is 20.2. The van der Waals surface area contributed by atoms with Crippen molar-refractivity contribution in [2.75, 3.05) is 32.2 Å². The van der Waals surface area contributed by atoms with Crippen molar-refractivity contribution in [2.45, 2.75) is 54.4 Å². The van der Waals surface area contributed by atoms with Gasteiger partial charge in [0.2, 0.25) is 0 Å². The van der Waals surface area contributed by atoms with Crippen LogP contribution >= 0.6 is 0 Å². The Morgan fingerprint density at radius 1 is 0.727 bits per heavy atom. The van der Waals surface area contributed by atoms with Crippen molar-refractivity contribution in [3.05, 3.63) is 28.3 Å². The second kappa shape index (κ2) is 10.2. The highest BCUT2D eigenvalue weighted by Crippen LogP contribution is 2.54. The summed E-state index contributed by atoms with van der Waals surface area (Å²) in [7, 11) is 0. The predicted molar refractivity (Wildman–Crippen MR) is 119 cm³/mol. The van der Waals surface area contributed by atoms with E-state index in [0.29, 0.717) is 27.9 Å². The number of rotatable bonds is 8. The molecule has 0 aliphatic heterocycles. The fraction of sp³-hybridized carbons (Fsp3) is 0.583. The molecule has 0 atom stereocenters. The third-order valence-corrected chi connectivity index (χ3v) is 6.21. The molecule has 0 bridgehead atoms. The predicted octanol–water partition coefficient (Wildman–Crippen LogP) is 2.21. The van der Waals surface area contributed by atoms with Crippen molar-refractivity contribution in [3.8, 4) is 0 Å². The Balaban J connectivity index is 3.05. The number of fused-ring (bicyclic) bond motifs is 1. The van der Waals surface area contributed by atoms with Crippen molar-refractivity contribution in [1.82, 2.24) is 0 Å². The van der Waals surface area contributed by atoms with Crippen LogP contribution in [-0.2, 0) is 51.0 Å². The van der Waals surface area contributed by atoms with E-state index < -0.39 is 34.7 Å². The van der Waals surface area contributed by atoms with Crippen LogP contribution in [0.3, 0.4) is 0 Å². The summed E-state index contributed by atoms with van der Waals surface area (Å²) in [6.07, 6.45) is -0.625. The van der Waals surface area contributed by atoms with Gasteiger partial charge in [-0.15, -0.1) is 0 Å². The molecular formula is C24H33NO8. The second-order valence-corrected chi connectivity index (χ2v) is 7.91. The maximum Gasteiger partial charge on any atom is 0.325 e. The second-order valence-electron chi connectivity index (χ2n) is 7.91. The number of ether oxygens (including phenoxy) is 4. The van der Waals surface area contributed by atoms with Crippen LogP contribution < -0.4 is 5.73 Å². The quantitative estimate of drug-likeness (QED) is 0.267. The third kappa shape index (κ3) is 4.05. The molecule has 1 aliphatic carbocycles. The maximum atomic E-state index is 13.6. The number of esters is 4. The van der Waals surface area contributed by atoms with Gasteiger partial charge in [0, 0.05) is 18.5 Å². The largest absolute Gasteiger partial charge is 0.465 e. The molecule has 0 aromatic heterocycles. The summed E-state index contributed by atoms with van der Waals surface area (Å²) < 4.78 is 21.2. The molecule has 0 saturated heterocycles. The Hall–Kier alpha value is -3.10. The van der Waals surface area contributed by atoms with E-state index in [-0.39, 0.29) is 39.3 Å². The van der Waals surface area contributed by atoms with Gasteiger partial charge in [0.15, 0.2) is 10.8 Å². The molecule has 9 nitrogen and oxygen atoms in total. The molecule has 2 rings (SSSR count). The summed E-state index contributed by atoms with van der Waals surface area (Å²) in [5.74, 6) is -4.17. The van der Waals surface area contributed by atoms with E-state index in [9.17, 15) is 19.2 Å². The van der Waals surface area contributed by atoms with E-state index in [4.69, 9.17) is 24.7 Å². The summed E-state index contributed by atoms with van der Waals surface area (Å²) in [6.45, 7) is 9.51. The minimum atomic E-state index is -2.35. The lowest BCUT2D eigenvalue weighted by Gasteiger charge is -2.46. The van der Waals surface area contributed by atoms with Crippen LogP contribution in [0.15, 0.2) is 6.07 Å². The van der Waals surface area contributed by atoms with Crippen molar-refractivity contribution in [2.24, 2.45) is 10.8 Å². The first kappa shape index (κ1) is 26.2. The van der Waals surface area contributed by atoms with Crippen molar-refractivity contribution < 1.29 is 38.1 Å². The molecule has 1 aromatic rings. The topological polar surface area (TPSA) is 131 Å². The number of carbonyl (C=O) groups is 4. The summed E-state index contributed by atoms with van der Waals surface area (Å²) in [5, 5.41) is 0. The van der Waals surface area contributed by atoms with Crippen LogP contribution in [0.1, 0.15) is 49.9 Å². The molecule has 2 N–H and O–H groups in total. The highest BCUT2D eigenvalue weighted by atomic mass is 16.6. The van der Waals surface area contributed by atoms with Gasteiger partial charge in [-0.3, -0.25) is 19.2 Å². The Morgan fingerprint density at radius 2 is 1.06 bits per heavy atom. The normalized spacial score (nSPS) is 15.7. The molecule has 0 unspecified atom stereocenters. The Kier molecular flexibility index (Phi) is 8.11. The van der Waals surface area contributed by atoms with E-state index in [2.05, 4.69) is 0 Å². The highest BCUT2D eigenvalue weighted by molar-refractivity contribution is 6.15. The lowest BCUT2D eigenvalue weighted by molar-refractivity contribution is -0.204. The number of benzene rings is 1. The summed E-state index contributed by atoms with van der Waals surface area (Å²) in [4.78, 5) is 54.3. The first-order valence-electron chi connectivity index (χ1n) is 11.1. The Bertz CT molecular complexity index is 916. The van der Waals surface area contributed by atoms with Crippen LogP contribution in [-0.4, -0.2) is 50.3 Å². The standard InChI is InChI=1S/C24H33NO8/c1-7-30-19(26)23(20(27)31-8-2)12-16-14(5)11-18(25)15(6)17(16)13-24(23,21(28)32-9-3)22(29)33-10-4/h11H,7-10,12-13,25H2,1-6H3. The minimum Gasteiger partial charge on any atom is -0.465 e. The third-order valence-electron chi connectivity index (χ3n) is 6.21. The van der Waals surface area contributed by atoms with Crippen LogP contribution in [0.5, 0.6) is 0 Å². The smallest absolute Gasteiger partial charge is 0.325 e. The molecule has 1 aromatic carbocycles. The van der Waals surface area contributed by atoms with Gasteiger partial charge in [-0.05, 0) is 69.9 Å². The van der Waals surface area contributed by atoms with Gasteiger partial charge in [0.25, 0.3) is 0 Å². The van der Waals surface area contributed by atoms with E-state index in [1.807, 2.05) is 0 Å². The first-order chi connectivity index (χ1) is 15.6. The van der Waals surface area contributed by atoms with Crippen LogP contribution in [0, 0.1) is 24.7 Å². The molecule has 9 heteroatoms. The van der Waals surface area contributed by atoms with E-state index in [1.54, 1.807) is 47.6 Å². The lowest BCUT2D eigenvalue weighted by atomic mass is 9.53. The summed E-state index contributed by atoms with van der Waals surface area (Å²) in [6, 6.07) is 1.73. The van der Waals surface area contributed by atoms with E-state index >= 15 is 0 Å². The Morgan fingerprint density at radius 3 is 1.39 bits per heavy atom. The van der Waals surface area contributed by atoms with Crippen molar-refractivity contribution in [1.29, 1.82) is 0 Å². The number of carbonyl (C=O) groups excluding carboxylic acids is 4. The molecule has 0 heterocycles. The number of anilines is 1. The fourth-order valence-corrected chi connectivity index (χ4v) is 4.55. The monoisotopic (exact) mass is 463 g/mol. The number of hydrogen-bond acceptors (Lipinski definition) is 9. The molecule has 0 fully saturated rings. The molecular weight excluding hydrogens is 430 g/mol. The van der Waals surface area contributed by atoms with Crippen LogP contribution in [0.4, 0.5) is 5.69 Å². The molecule has 0 amide bonds. The molecule has 33 heavy (non-hydrogen) atoms. The Labute approximate surface area is 193 Å². The zero-order valence-corrected chi connectivity index (χ0v) is 20.2. The molecule has 182 valence electrons. The van der Waals surface area contributed by atoms with Gasteiger partial charge in [-0.2, -0.15) is 0 Å². The molecule has 0 radical (unpaired) electrons. The van der Waals surface area contributed by atoms with Gasteiger partial charge < -0.3 is 24.7 Å². The van der Waals surface area contributed by atoms with Gasteiger partial charge >= 0.3 is 23.9 Å². The average Bonchev–Trinajstić information content (AvgIpc) is 2.77. The summed E-state index contributed by atoms with van der Waals surface area (Å²) in [5.41, 5.74) is 4.54. The fourth-order valence-electron chi connectivity index (χ4n) is 4.55. The highest BCUT2D eigenvalue weighted by Gasteiger charge is 2.74. The van der Waals surface area contributed by atoms with E-state index in [1.165, 1.54) is 0 Å². The molecule has 1 aliphatic rings. The number of hydrogen-bond donors (Lipinski definition) is 1. The van der Waals surface area contributed by atoms with Crippen LogP contribution in [0.25, 0.3) is 0 Å². The number of nitrogens with two attached hydrogens (primary N) is 1. The number of aryl methyl sites for hydroxylation is 1. The van der Waals surface area contributed by atoms with Gasteiger partial charge in [0.1, 0.15) is 0 Å². The summed E-state index contributed by atoms with van der Waals surface area (Å²) >= 11 is 0. The molecule has 0 saturated carbocycles. The number of nitrogen functional groups attached to an aromatic ring is 1. The lowest BCUT2D eigenvalue weighted by Crippen LogP contribution is -2.66. The van der Waals surface area contributed by atoms with Gasteiger partial charge in [0.05, 0.1) is 26.4 Å². The maximum absolute atomic E-state index is 13.6. The van der Waals surface area contributed by atoms with Gasteiger partial charge in [-0.1, -0.05) is 0 Å². The average molecular weight is 464 g/mol. The minimum absolute atomic E-state index is 0.0751. The SMILES string of the molecule is CCOC(=O)C1(C(=O)OCC)Cc2c(C)cc(N)c(C)c2CC1(C(=O)OCC)C(=O)OCC. The van der Waals surface area contributed by atoms with Crippen LogP contribution in [0.2, 0.25) is 0 Å². The zero-order chi connectivity index (χ0) is 25.0. The van der Waals surface area contributed by atoms with Crippen molar-refractivity contribution in [3.63, 3.8) is 0 Å². The first-order valence-corrected chi connectivity index (χ1v) is 11.1.